The zero-order valence-electron chi connectivity index (χ0n) is 23.0. The number of hydrogen-bond acceptors (Lipinski definition) is 6. The molecule has 6 N–H and O–H groups in total. The lowest BCUT2D eigenvalue weighted by molar-refractivity contribution is -0.143. The molecule has 0 aliphatic rings. The zero-order valence-corrected chi connectivity index (χ0v) is 23.0. The topological polar surface area (TPSA) is 138 Å². The van der Waals surface area contributed by atoms with Crippen molar-refractivity contribution in [3.8, 4) is 0 Å². The Morgan fingerprint density at radius 3 is 1.61 bits per heavy atom. The van der Waals surface area contributed by atoms with Gasteiger partial charge in [0.05, 0.1) is 30.3 Å². The first kappa shape index (κ1) is 34.2. The van der Waals surface area contributed by atoms with Gasteiger partial charge in [0.25, 0.3) is 0 Å². The lowest BCUT2D eigenvalue weighted by Gasteiger charge is -2.21. The lowest BCUT2D eigenvalue weighted by Crippen LogP contribution is -2.24. The maximum absolute atomic E-state index is 10.9. The first-order valence-electron chi connectivity index (χ1n) is 13.0. The predicted molar refractivity (Wildman–Crippen MR) is 144 cm³/mol. The van der Waals surface area contributed by atoms with Crippen molar-refractivity contribution in [3.05, 3.63) is 48.1 Å². The van der Waals surface area contributed by atoms with Gasteiger partial charge in [-0.2, -0.15) is 0 Å². The van der Waals surface area contributed by atoms with Crippen molar-refractivity contribution in [2.45, 2.75) is 85.7 Å². The number of carbonyl (C=O) groups is 1. The molecule has 0 radical (unpaired) electrons. The molecule has 36 heavy (non-hydrogen) atoms. The highest BCUT2D eigenvalue weighted by atomic mass is 16.4. The van der Waals surface area contributed by atoms with Crippen LogP contribution in [0.1, 0.15) is 61.3 Å². The van der Waals surface area contributed by atoms with E-state index in [1.54, 1.807) is 37.3 Å². The summed E-state index contributed by atoms with van der Waals surface area (Å²) in [5.41, 5.74) is 0.796. The number of aliphatic hydroxyl groups excluding tert-OH is 5. The molecule has 0 saturated carbocycles. The molecule has 0 bridgehead atoms. The molecule has 0 aliphatic heterocycles. The summed E-state index contributed by atoms with van der Waals surface area (Å²) < 4.78 is 0. The molecule has 0 rings (SSSR count). The Labute approximate surface area is 217 Å². The number of carboxylic acids is 1. The molecule has 7 nitrogen and oxygen atoms in total. The monoisotopic (exact) mass is 510 g/mol. The van der Waals surface area contributed by atoms with Crippen molar-refractivity contribution in [1.29, 1.82) is 0 Å². The van der Waals surface area contributed by atoms with Gasteiger partial charge in [-0.3, -0.25) is 4.79 Å². The number of rotatable bonds is 17. The summed E-state index contributed by atoms with van der Waals surface area (Å²) in [5, 5.41) is 59.9. The third-order valence-corrected chi connectivity index (χ3v) is 6.91. The molecular weight excluding hydrogens is 460 g/mol. The van der Waals surface area contributed by atoms with Gasteiger partial charge in [0.15, 0.2) is 0 Å². The molecule has 0 saturated heterocycles. The minimum absolute atomic E-state index is 0.00836. The quantitative estimate of drug-likeness (QED) is 0.164. The lowest BCUT2D eigenvalue weighted by atomic mass is 9.89. The van der Waals surface area contributed by atoms with Crippen LogP contribution in [0.15, 0.2) is 48.1 Å². The summed E-state index contributed by atoms with van der Waals surface area (Å²) in [5.74, 6) is -2.41. The van der Waals surface area contributed by atoms with E-state index in [0.29, 0.717) is 5.92 Å². The minimum atomic E-state index is -1.14. The molecule has 0 spiro atoms. The van der Waals surface area contributed by atoms with E-state index in [1.807, 2.05) is 26.8 Å². The summed E-state index contributed by atoms with van der Waals surface area (Å²) >= 11 is 0. The van der Waals surface area contributed by atoms with E-state index in [4.69, 9.17) is 5.11 Å². The SMILES string of the molecule is CCC(C)CC(C=C(C)C(O)C(C)C=CC(O)C(C)C=CC(O)C(C)C=CC(O)C(C)C(=O)O)CO. The highest BCUT2D eigenvalue weighted by Crippen LogP contribution is 2.21. The molecule has 0 aliphatic carbocycles. The summed E-state index contributed by atoms with van der Waals surface area (Å²) in [6.07, 6.45) is 9.93. The van der Waals surface area contributed by atoms with Crippen LogP contribution < -0.4 is 0 Å². The summed E-state index contributed by atoms with van der Waals surface area (Å²) in [7, 11) is 0. The van der Waals surface area contributed by atoms with Gasteiger partial charge in [-0.15, -0.1) is 0 Å². The van der Waals surface area contributed by atoms with Crippen molar-refractivity contribution >= 4 is 5.97 Å². The number of hydrogen-bond donors (Lipinski definition) is 6. The van der Waals surface area contributed by atoms with Crippen LogP contribution in [0, 0.1) is 35.5 Å². The van der Waals surface area contributed by atoms with Gasteiger partial charge in [-0.1, -0.05) is 83.6 Å². The number of aliphatic carboxylic acids is 1. The molecule has 10 unspecified atom stereocenters. The van der Waals surface area contributed by atoms with Crippen molar-refractivity contribution in [3.63, 3.8) is 0 Å². The van der Waals surface area contributed by atoms with Crippen molar-refractivity contribution in [2.24, 2.45) is 35.5 Å². The molecule has 10 atom stereocenters. The maximum Gasteiger partial charge on any atom is 0.309 e. The average Bonchev–Trinajstić information content (AvgIpc) is 2.86. The van der Waals surface area contributed by atoms with E-state index >= 15 is 0 Å². The second-order valence-corrected chi connectivity index (χ2v) is 10.4. The van der Waals surface area contributed by atoms with Crippen LogP contribution in [-0.4, -0.2) is 67.6 Å². The highest BCUT2D eigenvalue weighted by Gasteiger charge is 2.20. The molecule has 0 fully saturated rings. The van der Waals surface area contributed by atoms with E-state index in [-0.39, 0.29) is 30.3 Å². The normalized spacial score (nSPS) is 21.7. The Morgan fingerprint density at radius 1 is 0.750 bits per heavy atom. The average molecular weight is 511 g/mol. The largest absolute Gasteiger partial charge is 0.481 e. The molecule has 7 heteroatoms. The summed E-state index contributed by atoms with van der Waals surface area (Å²) in [6.45, 7) is 13.0. The highest BCUT2D eigenvalue weighted by molar-refractivity contribution is 5.70. The van der Waals surface area contributed by atoms with Gasteiger partial charge in [0.2, 0.25) is 0 Å². The smallest absolute Gasteiger partial charge is 0.309 e. The zero-order chi connectivity index (χ0) is 28.0. The van der Waals surface area contributed by atoms with Crippen LogP contribution in [-0.2, 0) is 4.79 Å². The number of carboxylic acid groups (broad SMARTS) is 1. The Hall–Kier alpha value is -1.77. The van der Waals surface area contributed by atoms with E-state index in [1.165, 1.54) is 13.0 Å². The van der Waals surface area contributed by atoms with Gasteiger partial charge >= 0.3 is 5.97 Å². The van der Waals surface area contributed by atoms with Crippen molar-refractivity contribution in [2.75, 3.05) is 6.61 Å². The first-order chi connectivity index (χ1) is 16.7. The molecule has 0 aromatic heterocycles. The molecule has 0 aromatic rings. The van der Waals surface area contributed by atoms with Crippen LogP contribution in [0.2, 0.25) is 0 Å². The molecule has 0 heterocycles. The second kappa shape index (κ2) is 17.6. The summed E-state index contributed by atoms with van der Waals surface area (Å²) in [6, 6.07) is 0. The van der Waals surface area contributed by atoms with E-state index in [9.17, 15) is 30.3 Å². The molecule has 0 amide bonds. The fraction of sp³-hybridized carbons (Fsp3) is 0.690. The van der Waals surface area contributed by atoms with Gasteiger partial charge in [0, 0.05) is 30.3 Å². The number of aliphatic hydroxyl groups is 5. The third kappa shape index (κ3) is 13.0. The van der Waals surface area contributed by atoms with Gasteiger partial charge in [-0.25, -0.2) is 0 Å². The van der Waals surface area contributed by atoms with Crippen molar-refractivity contribution < 1.29 is 35.4 Å². The molecule has 0 aromatic carbocycles. The molecular formula is C29H50O7. The van der Waals surface area contributed by atoms with Crippen molar-refractivity contribution in [1.82, 2.24) is 0 Å². The Bertz CT molecular complexity index is 742. The second-order valence-electron chi connectivity index (χ2n) is 10.4. The minimum Gasteiger partial charge on any atom is -0.481 e. The Kier molecular flexibility index (Phi) is 16.8. The van der Waals surface area contributed by atoms with Gasteiger partial charge < -0.3 is 30.6 Å². The molecule has 208 valence electrons. The van der Waals surface area contributed by atoms with Crippen LogP contribution in [0.4, 0.5) is 0 Å². The van der Waals surface area contributed by atoms with Crippen LogP contribution >= 0.6 is 0 Å². The van der Waals surface area contributed by atoms with E-state index in [2.05, 4.69) is 13.8 Å². The Balaban J connectivity index is 4.95. The fourth-order valence-corrected chi connectivity index (χ4v) is 3.63. The van der Waals surface area contributed by atoms with Crippen LogP contribution in [0.5, 0.6) is 0 Å². The Morgan fingerprint density at radius 2 is 1.19 bits per heavy atom. The standard InChI is InChI=1S/C29H50O7/c1-8-18(2)15-24(17-30)16-22(6)28(34)21(5)11-13-26(32)19(3)9-12-25(31)20(4)10-14-27(33)23(7)29(35)36/h9-14,16,18-21,23-28,30-34H,8,15,17H2,1-7H3,(H,35,36). The fourth-order valence-electron chi connectivity index (χ4n) is 3.63. The van der Waals surface area contributed by atoms with Crippen LogP contribution in [0.3, 0.4) is 0 Å². The third-order valence-electron chi connectivity index (χ3n) is 6.91. The van der Waals surface area contributed by atoms with Crippen LogP contribution in [0.25, 0.3) is 0 Å². The first-order valence-corrected chi connectivity index (χ1v) is 13.0. The van der Waals surface area contributed by atoms with Gasteiger partial charge in [-0.05, 0) is 31.8 Å². The predicted octanol–water partition coefficient (Wildman–Crippen LogP) is 3.72. The summed E-state index contributed by atoms with van der Waals surface area (Å²) in [4.78, 5) is 10.9. The van der Waals surface area contributed by atoms with E-state index in [0.717, 1.165) is 18.4 Å². The maximum atomic E-state index is 10.9. The van der Waals surface area contributed by atoms with Gasteiger partial charge in [0.1, 0.15) is 0 Å². The van der Waals surface area contributed by atoms with E-state index < -0.39 is 36.3 Å².